The van der Waals surface area contributed by atoms with Crippen molar-refractivity contribution in [3.63, 3.8) is 0 Å². The first kappa shape index (κ1) is 12.8. The number of carbonyl (C=O) groups is 1. The molecule has 98 valence electrons. The van der Waals surface area contributed by atoms with Crippen LogP contribution >= 0.6 is 0 Å². The average molecular weight is 253 g/mol. The van der Waals surface area contributed by atoms with Gasteiger partial charge in [-0.1, -0.05) is 6.07 Å². The fraction of sp³-hybridized carbons (Fsp3) is 0.462. The van der Waals surface area contributed by atoms with Crippen LogP contribution in [-0.4, -0.2) is 22.7 Å². The highest BCUT2D eigenvalue weighted by Gasteiger charge is 2.40. The predicted octanol–water partition coefficient (Wildman–Crippen LogP) is 1.93. The van der Waals surface area contributed by atoms with Crippen LogP contribution in [0.3, 0.4) is 0 Å². The predicted molar refractivity (Wildman–Crippen MR) is 63.8 cm³/mol. The van der Waals surface area contributed by atoms with Crippen LogP contribution in [0, 0.1) is 5.82 Å². The third kappa shape index (κ3) is 2.79. The summed E-state index contributed by atoms with van der Waals surface area (Å²) in [5, 5.41) is 9.08. The lowest BCUT2D eigenvalue weighted by molar-refractivity contribution is -0.145. The van der Waals surface area contributed by atoms with E-state index in [4.69, 9.17) is 15.6 Å². The molecule has 0 amide bonds. The second-order valence-corrected chi connectivity index (χ2v) is 4.75. The molecule has 3 N–H and O–H groups in total. The SMILES string of the molecule is NC1(C(=O)O)CCCC(Oc2cccc(F)c2)C1. The van der Waals surface area contributed by atoms with E-state index in [9.17, 15) is 9.18 Å². The van der Waals surface area contributed by atoms with Gasteiger partial charge in [-0.2, -0.15) is 0 Å². The van der Waals surface area contributed by atoms with Gasteiger partial charge in [0, 0.05) is 12.5 Å². The van der Waals surface area contributed by atoms with Crippen LogP contribution in [0.15, 0.2) is 24.3 Å². The van der Waals surface area contributed by atoms with Crippen molar-refractivity contribution in [2.24, 2.45) is 5.73 Å². The highest BCUT2D eigenvalue weighted by atomic mass is 19.1. The largest absolute Gasteiger partial charge is 0.490 e. The van der Waals surface area contributed by atoms with E-state index in [-0.39, 0.29) is 18.3 Å². The van der Waals surface area contributed by atoms with Crippen LogP contribution in [0.25, 0.3) is 0 Å². The molecule has 0 bridgehead atoms. The zero-order valence-corrected chi connectivity index (χ0v) is 9.93. The van der Waals surface area contributed by atoms with Gasteiger partial charge in [-0.3, -0.25) is 4.79 Å². The van der Waals surface area contributed by atoms with Crippen LogP contribution in [0.1, 0.15) is 25.7 Å². The number of benzene rings is 1. The molecule has 1 aliphatic rings. The molecule has 1 fully saturated rings. The molecule has 0 aliphatic heterocycles. The van der Waals surface area contributed by atoms with Crippen molar-refractivity contribution < 1.29 is 19.0 Å². The Labute approximate surface area is 105 Å². The Balaban J connectivity index is 2.04. The third-order valence-corrected chi connectivity index (χ3v) is 3.27. The molecule has 0 saturated heterocycles. The second kappa shape index (κ2) is 4.94. The monoisotopic (exact) mass is 253 g/mol. The van der Waals surface area contributed by atoms with Gasteiger partial charge in [-0.25, -0.2) is 4.39 Å². The van der Waals surface area contributed by atoms with E-state index in [1.165, 1.54) is 12.1 Å². The number of nitrogens with two attached hydrogens (primary N) is 1. The molecule has 2 atom stereocenters. The molecule has 1 aromatic rings. The molecule has 1 aliphatic carbocycles. The number of carboxylic acids is 1. The maximum atomic E-state index is 13.0. The number of halogens is 1. The first-order valence-corrected chi connectivity index (χ1v) is 5.94. The summed E-state index contributed by atoms with van der Waals surface area (Å²) in [5.74, 6) is -0.967. The molecule has 2 unspecified atom stereocenters. The number of aliphatic carboxylic acids is 1. The summed E-state index contributed by atoms with van der Waals surface area (Å²) in [7, 11) is 0. The minimum atomic E-state index is -1.23. The fourth-order valence-electron chi connectivity index (χ4n) is 2.28. The molecular formula is C13H16FNO3. The van der Waals surface area contributed by atoms with E-state index in [0.717, 1.165) is 6.42 Å². The van der Waals surface area contributed by atoms with Gasteiger partial charge in [0.1, 0.15) is 23.2 Å². The Morgan fingerprint density at radius 3 is 3.00 bits per heavy atom. The first-order chi connectivity index (χ1) is 8.49. The van der Waals surface area contributed by atoms with Crippen LogP contribution in [0.2, 0.25) is 0 Å². The van der Waals surface area contributed by atoms with Gasteiger partial charge in [0.15, 0.2) is 0 Å². The van der Waals surface area contributed by atoms with E-state index < -0.39 is 11.5 Å². The molecule has 0 heterocycles. The molecular weight excluding hydrogens is 237 g/mol. The van der Waals surface area contributed by atoms with E-state index in [1.807, 2.05) is 0 Å². The maximum Gasteiger partial charge on any atom is 0.323 e. The number of hydrogen-bond acceptors (Lipinski definition) is 3. The van der Waals surface area contributed by atoms with Crippen molar-refractivity contribution in [2.75, 3.05) is 0 Å². The fourth-order valence-corrected chi connectivity index (χ4v) is 2.28. The molecule has 18 heavy (non-hydrogen) atoms. The number of carboxylic acid groups (broad SMARTS) is 1. The van der Waals surface area contributed by atoms with Gasteiger partial charge in [0.05, 0.1) is 0 Å². The highest BCUT2D eigenvalue weighted by Crippen LogP contribution is 2.29. The van der Waals surface area contributed by atoms with E-state index in [2.05, 4.69) is 0 Å². The Morgan fingerprint density at radius 1 is 1.56 bits per heavy atom. The number of hydrogen-bond donors (Lipinski definition) is 2. The first-order valence-electron chi connectivity index (χ1n) is 5.94. The lowest BCUT2D eigenvalue weighted by Crippen LogP contribution is -2.53. The van der Waals surface area contributed by atoms with E-state index in [1.54, 1.807) is 12.1 Å². The normalized spacial score (nSPS) is 27.8. The highest BCUT2D eigenvalue weighted by molar-refractivity contribution is 5.78. The van der Waals surface area contributed by atoms with Gasteiger partial charge >= 0.3 is 5.97 Å². The Bertz CT molecular complexity index is 452. The van der Waals surface area contributed by atoms with E-state index >= 15 is 0 Å². The van der Waals surface area contributed by atoms with Crippen molar-refractivity contribution in [3.05, 3.63) is 30.1 Å². The average Bonchev–Trinajstić information content (AvgIpc) is 2.29. The molecule has 0 spiro atoms. The van der Waals surface area contributed by atoms with Crippen molar-refractivity contribution in [1.29, 1.82) is 0 Å². The van der Waals surface area contributed by atoms with Gasteiger partial charge in [0.2, 0.25) is 0 Å². The smallest absolute Gasteiger partial charge is 0.323 e. The molecule has 0 aromatic heterocycles. The van der Waals surface area contributed by atoms with Gasteiger partial charge in [0.25, 0.3) is 0 Å². The van der Waals surface area contributed by atoms with Crippen LogP contribution in [0.5, 0.6) is 5.75 Å². The zero-order chi connectivity index (χ0) is 13.2. The minimum Gasteiger partial charge on any atom is -0.490 e. The number of ether oxygens (including phenoxy) is 1. The summed E-state index contributed by atoms with van der Waals surface area (Å²) in [6, 6.07) is 5.82. The maximum absolute atomic E-state index is 13.0. The molecule has 4 nitrogen and oxygen atoms in total. The summed E-state index contributed by atoms with van der Waals surface area (Å²) in [6.07, 6.45) is 1.86. The van der Waals surface area contributed by atoms with Gasteiger partial charge in [-0.05, 0) is 31.4 Å². The summed E-state index contributed by atoms with van der Waals surface area (Å²) in [4.78, 5) is 11.1. The summed E-state index contributed by atoms with van der Waals surface area (Å²) in [6.45, 7) is 0. The van der Waals surface area contributed by atoms with Crippen LogP contribution < -0.4 is 10.5 Å². The van der Waals surface area contributed by atoms with Crippen LogP contribution in [0.4, 0.5) is 4.39 Å². The quantitative estimate of drug-likeness (QED) is 0.863. The summed E-state index contributed by atoms with van der Waals surface area (Å²) in [5.41, 5.74) is 4.60. The van der Waals surface area contributed by atoms with Crippen LogP contribution in [-0.2, 0) is 4.79 Å². The van der Waals surface area contributed by atoms with Gasteiger partial charge < -0.3 is 15.6 Å². The Kier molecular flexibility index (Phi) is 3.52. The molecule has 1 saturated carbocycles. The second-order valence-electron chi connectivity index (χ2n) is 4.75. The van der Waals surface area contributed by atoms with Gasteiger partial charge in [-0.15, -0.1) is 0 Å². The Morgan fingerprint density at radius 2 is 2.33 bits per heavy atom. The van der Waals surface area contributed by atoms with Crippen molar-refractivity contribution in [3.8, 4) is 5.75 Å². The lowest BCUT2D eigenvalue weighted by atomic mass is 9.81. The topological polar surface area (TPSA) is 72.6 Å². The lowest BCUT2D eigenvalue weighted by Gasteiger charge is -2.34. The summed E-state index contributed by atoms with van der Waals surface area (Å²) >= 11 is 0. The molecule has 1 aromatic carbocycles. The third-order valence-electron chi connectivity index (χ3n) is 3.27. The molecule has 2 rings (SSSR count). The molecule has 0 radical (unpaired) electrons. The number of rotatable bonds is 3. The zero-order valence-electron chi connectivity index (χ0n) is 9.93. The van der Waals surface area contributed by atoms with E-state index in [0.29, 0.717) is 18.6 Å². The van der Waals surface area contributed by atoms with Crippen molar-refractivity contribution in [2.45, 2.75) is 37.3 Å². The van der Waals surface area contributed by atoms with Crippen molar-refractivity contribution in [1.82, 2.24) is 0 Å². The van der Waals surface area contributed by atoms with Crippen molar-refractivity contribution >= 4 is 5.97 Å². The Hall–Kier alpha value is -1.62. The minimum absolute atomic E-state index is 0.249. The standard InChI is InChI=1S/C13H16FNO3/c14-9-3-1-4-10(7-9)18-11-5-2-6-13(15,8-11)12(16)17/h1,3-4,7,11H,2,5-6,8,15H2,(H,16,17). The summed E-state index contributed by atoms with van der Waals surface area (Å²) < 4.78 is 18.6. The molecule has 5 heteroatoms.